The number of para-hydroxylation sites is 1. The third kappa shape index (κ3) is 5.03. The molecule has 0 saturated carbocycles. The molecule has 0 radical (unpaired) electrons. The van der Waals surface area contributed by atoms with Crippen LogP contribution in [0.25, 0.3) is 0 Å². The van der Waals surface area contributed by atoms with E-state index in [0.29, 0.717) is 5.56 Å². The van der Waals surface area contributed by atoms with Crippen molar-refractivity contribution in [3.8, 4) is 11.8 Å². The highest BCUT2D eigenvalue weighted by atomic mass is 127. The van der Waals surface area contributed by atoms with E-state index in [9.17, 15) is 0 Å². The van der Waals surface area contributed by atoms with Crippen molar-refractivity contribution in [2.75, 3.05) is 13.1 Å². The van der Waals surface area contributed by atoms with Gasteiger partial charge in [0.2, 0.25) is 0 Å². The Balaban J connectivity index is 1.71. The van der Waals surface area contributed by atoms with Crippen LogP contribution in [0, 0.1) is 11.3 Å². The van der Waals surface area contributed by atoms with Crippen LogP contribution in [0.4, 0.5) is 0 Å². The first-order valence-electron chi connectivity index (χ1n) is 6.89. The Labute approximate surface area is 139 Å². The topological polar surface area (TPSA) is 45.0 Å². The van der Waals surface area contributed by atoms with Crippen molar-refractivity contribution in [1.29, 1.82) is 5.26 Å². The van der Waals surface area contributed by atoms with E-state index >= 15 is 0 Å². The van der Waals surface area contributed by atoms with Crippen LogP contribution in [0.2, 0.25) is 0 Å². The quantitative estimate of drug-likeness (QED) is 0.578. The maximum Gasteiger partial charge on any atom is 0.192 e. The van der Waals surface area contributed by atoms with E-state index in [1.165, 1.54) is 11.1 Å². The zero-order chi connectivity index (χ0) is 14.9. The molecule has 0 heterocycles. The number of nitriles is 1. The molecule has 3 nitrogen and oxygen atoms in total. The normalized spacial score (nSPS) is 10.1. The van der Waals surface area contributed by atoms with Gasteiger partial charge in [-0.15, -0.1) is 0 Å². The molecule has 0 bridgehead atoms. The molecule has 21 heavy (non-hydrogen) atoms. The van der Waals surface area contributed by atoms with E-state index in [-0.39, 0.29) is 0 Å². The molecule has 0 amide bonds. The number of rotatable bonds is 7. The first-order valence-corrected chi connectivity index (χ1v) is 7.78. The highest BCUT2D eigenvalue weighted by Crippen LogP contribution is 2.19. The SMILES string of the molecule is N#Cc1ccc(CCNCCc2ccccc2OI)cc1. The fourth-order valence-electron chi connectivity index (χ4n) is 2.11. The zero-order valence-electron chi connectivity index (χ0n) is 11.7. The summed E-state index contributed by atoms with van der Waals surface area (Å²) in [6.45, 7) is 1.85. The van der Waals surface area contributed by atoms with Gasteiger partial charge in [-0.1, -0.05) is 30.3 Å². The molecule has 108 valence electrons. The first kappa shape index (κ1) is 15.8. The molecule has 0 aliphatic heterocycles. The van der Waals surface area contributed by atoms with Gasteiger partial charge < -0.3 is 8.38 Å². The molecular formula is C17H17IN2O. The largest absolute Gasteiger partial charge is 0.427 e. The van der Waals surface area contributed by atoms with Crippen LogP contribution in [0.15, 0.2) is 48.5 Å². The molecule has 0 spiro atoms. The lowest BCUT2D eigenvalue weighted by molar-refractivity contribution is 0.658. The van der Waals surface area contributed by atoms with Gasteiger partial charge >= 0.3 is 0 Å². The summed E-state index contributed by atoms with van der Waals surface area (Å²) in [5.41, 5.74) is 3.18. The van der Waals surface area contributed by atoms with Crippen LogP contribution >= 0.6 is 23.0 Å². The summed E-state index contributed by atoms with van der Waals surface area (Å²) < 4.78 is 5.31. The Hall–Kier alpha value is -1.58. The van der Waals surface area contributed by atoms with Gasteiger partial charge in [-0.25, -0.2) is 0 Å². The lowest BCUT2D eigenvalue weighted by Crippen LogP contribution is -2.20. The van der Waals surface area contributed by atoms with Crippen molar-refractivity contribution >= 4 is 23.0 Å². The van der Waals surface area contributed by atoms with Gasteiger partial charge in [-0.2, -0.15) is 5.26 Å². The molecule has 0 aliphatic carbocycles. The van der Waals surface area contributed by atoms with E-state index in [2.05, 4.69) is 17.5 Å². The van der Waals surface area contributed by atoms with Crippen molar-refractivity contribution in [2.24, 2.45) is 0 Å². The highest BCUT2D eigenvalue weighted by molar-refractivity contribution is 14.1. The Morgan fingerprint density at radius 2 is 1.71 bits per heavy atom. The number of nitrogens with zero attached hydrogens (tertiary/aromatic N) is 1. The summed E-state index contributed by atoms with van der Waals surface area (Å²) in [5.74, 6) is 0.937. The molecule has 0 aromatic heterocycles. The third-order valence-corrected chi connectivity index (χ3v) is 3.77. The van der Waals surface area contributed by atoms with E-state index in [0.717, 1.165) is 31.7 Å². The fourth-order valence-corrected chi connectivity index (χ4v) is 2.54. The molecule has 1 N–H and O–H groups in total. The monoisotopic (exact) mass is 392 g/mol. The molecule has 0 fully saturated rings. The number of hydrogen-bond donors (Lipinski definition) is 1. The Morgan fingerprint density at radius 3 is 2.43 bits per heavy atom. The van der Waals surface area contributed by atoms with Crippen LogP contribution in [-0.2, 0) is 12.8 Å². The van der Waals surface area contributed by atoms with Crippen molar-refractivity contribution in [2.45, 2.75) is 12.8 Å². The summed E-state index contributed by atoms with van der Waals surface area (Å²) in [4.78, 5) is 0. The van der Waals surface area contributed by atoms with Gasteiger partial charge in [0.15, 0.2) is 23.0 Å². The number of halogens is 1. The first-order chi connectivity index (χ1) is 10.3. The summed E-state index contributed by atoms with van der Waals surface area (Å²) in [6, 6.07) is 18.0. The van der Waals surface area contributed by atoms with Gasteiger partial charge in [0, 0.05) is 0 Å². The summed E-state index contributed by atoms with van der Waals surface area (Å²) in [7, 11) is 0. The van der Waals surface area contributed by atoms with Crippen LogP contribution in [-0.4, -0.2) is 13.1 Å². The van der Waals surface area contributed by atoms with Gasteiger partial charge in [0.1, 0.15) is 5.75 Å². The number of hydrogen-bond acceptors (Lipinski definition) is 3. The maximum absolute atomic E-state index is 8.75. The van der Waals surface area contributed by atoms with Crippen molar-refractivity contribution in [3.63, 3.8) is 0 Å². The molecule has 0 atom stereocenters. The Morgan fingerprint density at radius 1 is 1.00 bits per heavy atom. The van der Waals surface area contributed by atoms with Gasteiger partial charge in [0.05, 0.1) is 11.6 Å². The van der Waals surface area contributed by atoms with Crippen LogP contribution in [0.1, 0.15) is 16.7 Å². The Bertz CT molecular complexity index is 605. The van der Waals surface area contributed by atoms with E-state index in [1.807, 2.05) is 65.5 Å². The second kappa shape index (κ2) is 8.65. The minimum atomic E-state index is 0.710. The van der Waals surface area contributed by atoms with E-state index < -0.39 is 0 Å². The lowest BCUT2D eigenvalue weighted by Gasteiger charge is -2.08. The van der Waals surface area contributed by atoms with Crippen molar-refractivity contribution in [3.05, 3.63) is 65.2 Å². The second-order valence-corrected chi connectivity index (χ2v) is 5.18. The zero-order valence-corrected chi connectivity index (χ0v) is 13.8. The highest BCUT2D eigenvalue weighted by Gasteiger charge is 2.01. The minimum Gasteiger partial charge on any atom is -0.427 e. The van der Waals surface area contributed by atoms with Crippen molar-refractivity contribution < 1.29 is 3.07 Å². The molecule has 0 saturated heterocycles. The summed E-state index contributed by atoms with van der Waals surface area (Å²) in [5, 5.41) is 12.2. The minimum absolute atomic E-state index is 0.710. The average Bonchev–Trinajstić information content (AvgIpc) is 2.55. The van der Waals surface area contributed by atoms with Crippen LogP contribution in [0.3, 0.4) is 0 Å². The molecular weight excluding hydrogens is 375 g/mol. The van der Waals surface area contributed by atoms with Gasteiger partial charge in [0.25, 0.3) is 0 Å². The molecule has 2 aromatic rings. The molecule has 4 heteroatoms. The summed E-state index contributed by atoms with van der Waals surface area (Å²) in [6.07, 6.45) is 1.92. The number of nitrogens with one attached hydrogen (secondary N) is 1. The average molecular weight is 392 g/mol. The molecule has 0 unspecified atom stereocenters. The van der Waals surface area contributed by atoms with Crippen LogP contribution < -0.4 is 8.38 Å². The lowest BCUT2D eigenvalue weighted by atomic mass is 10.1. The predicted octanol–water partition coefficient (Wildman–Crippen LogP) is 3.66. The molecule has 0 aliphatic rings. The number of benzene rings is 2. The predicted molar refractivity (Wildman–Crippen MR) is 92.5 cm³/mol. The molecule has 2 rings (SSSR count). The molecule has 2 aromatic carbocycles. The van der Waals surface area contributed by atoms with E-state index in [4.69, 9.17) is 8.33 Å². The van der Waals surface area contributed by atoms with E-state index in [1.54, 1.807) is 0 Å². The summed E-state index contributed by atoms with van der Waals surface area (Å²) >= 11 is 1.92. The second-order valence-electron chi connectivity index (χ2n) is 4.74. The smallest absolute Gasteiger partial charge is 0.192 e. The Kier molecular flexibility index (Phi) is 6.51. The van der Waals surface area contributed by atoms with Crippen LogP contribution in [0.5, 0.6) is 5.75 Å². The fraction of sp³-hybridized carbons (Fsp3) is 0.235. The maximum atomic E-state index is 8.75. The van der Waals surface area contributed by atoms with Gasteiger partial charge in [-0.3, -0.25) is 0 Å². The van der Waals surface area contributed by atoms with Crippen molar-refractivity contribution in [1.82, 2.24) is 5.32 Å². The standard InChI is InChI=1S/C17H17IN2O/c18-21-17-4-2-1-3-16(17)10-12-20-11-9-14-5-7-15(13-19)8-6-14/h1-8,20H,9-12H2. The third-order valence-electron chi connectivity index (χ3n) is 3.30. The van der Waals surface area contributed by atoms with Gasteiger partial charge in [-0.05, 0) is 55.3 Å².